The Bertz CT molecular complexity index is 819. The van der Waals surface area contributed by atoms with Gasteiger partial charge in [0.25, 0.3) is 11.6 Å². The van der Waals surface area contributed by atoms with Gasteiger partial charge in [-0.05, 0) is 43.5 Å². The van der Waals surface area contributed by atoms with Crippen LogP contribution in [-0.4, -0.2) is 23.4 Å². The number of amides is 1. The lowest BCUT2D eigenvalue weighted by Gasteiger charge is -2.20. The van der Waals surface area contributed by atoms with Crippen molar-refractivity contribution >= 4 is 23.0 Å². The molecular weight excluding hydrogens is 318 g/mol. The lowest BCUT2D eigenvalue weighted by atomic mass is 10.1. The number of anilines is 2. The maximum atomic E-state index is 12.3. The van der Waals surface area contributed by atoms with Crippen molar-refractivity contribution in [1.82, 2.24) is 5.32 Å². The number of carbonyl (C=O) groups excluding carboxylic acids is 1. The van der Waals surface area contributed by atoms with Crippen molar-refractivity contribution in [3.8, 4) is 0 Å². The summed E-state index contributed by atoms with van der Waals surface area (Å²) in [4.78, 5) is 25.4. The minimum atomic E-state index is -0.420. The van der Waals surface area contributed by atoms with Crippen LogP contribution in [0.3, 0.4) is 0 Å². The lowest BCUT2D eigenvalue weighted by molar-refractivity contribution is -0.384. The van der Waals surface area contributed by atoms with E-state index in [1.165, 1.54) is 11.6 Å². The van der Waals surface area contributed by atoms with Crippen LogP contribution in [0, 0.1) is 10.1 Å². The van der Waals surface area contributed by atoms with Crippen molar-refractivity contribution in [3.63, 3.8) is 0 Å². The molecule has 0 unspecified atom stereocenters. The smallest absolute Gasteiger partial charge is 0.293 e. The molecule has 25 heavy (non-hydrogen) atoms. The molecule has 0 aromatic heterocycles. The molecule has 0 saturated heterocycles. The summed E-state index contributed by atoms with van der Waals surface area (Å²) in [6, 6.07) is 12.6. The Labute approximate surface area is 146 Å². The Hall–Kier alpha value is -2.89. The molecule has 0 aliphatic carbocycles. The zero-order chi connectivity index (χ0) is 18.0. The molecular formula is C19H21N3O3. The third-order valence-electron chi connectivity index (χ3n) is 4.60. The standard InChI is InChI=1S/C19H21N3O3/c1-3-13(2)20-19(23)15-8-9-17(18(12-15)22(24)25)21-11-10-14-6-4-5-7-16(14)21/h4-9,12-13H,3,10-11H2,1-2H3,(H,20,23)/t13-/m1/s1. The van der Waals surface area contributed by atoms with Gasteiger partial charge in [0, 0.05) is 29.9 Å². The quantitative estimate of drug-likeness (QED) is 0.664. The molecule has 3 rings (SSSR count). The van der Waals surface area contributed by atoms with Crippen LogP contribution in [0.2, 0.25) is 0 Å². The van der Waals surface area contributed by atoms with Crippen LogP contribution in [0.1, 0.15) is 36.2 Å². The first-order chi connectivity index (χ1) is 12.0. The summed E-state index contributed by atoms with van der Waals surface area (Å²) >= 11 is 0. The van der Waals surface area contributed by atoms with Gasteiger partial charge >= 0.3 is 0 Å². The van der Waals surface area contributed by atoms with E-state index in [2.05, 4.69) is 5.32 Å². The SMILES string of the molecule is CC[C@@H](C)NC(=O)c1ccc(N2CCc3ccccc32)c([N+](=O)[O-])c1. The van der Waals surface area contributed by atoms with E-state index in [0.717, 1.165) is 18.5 Å². The van der Waals surface area contributed by atoms with Crippen molar-refractivity contribution in [2.24, 2.45) is 0 Å². The molecule has 1 heterocycles. The molecule has 1 amide bonds. The Balaban J connectivity index is 1.96. The zero-order valence-corrected chi connectivity index (χ0v) is 14.4. The van der Waals surface area contributed by atoms with Gasteiger partial charge in [-0.2, -0.15) is 0 Å². The van der Waals surface area contributed by atoms with E-state index in [-0.39, 0.29) is 17.6 Å². The Morgan fingerprint density at radius 1 is 1.28 bits per heavy atom. The second-order valence-corrected chi connectivity index (χ2v) is 6.27. The lowest BCUT2D eigenvalue weighted by Crippen LogP contribution is -2.32. The van der Waals surface area contributed by atoms with Crippen molar-refractivity contribution < 1.29 is 9.72 Å². The number of nitro groups is 1. The summed E-state index contributed by atoms with van der Waals surface area (Å²) in [5.41, 5.74) is 2.95. The van der Waals surface area contributed by atoms with Gasteiger partial charge in [-0.25, -0.2) is 0 Å². The average molecular weight is 339 g/mol. The Kier molecular flexibility index (Phi) is 4.70. The highest BCUT2D eigenvalue weighted by atomic mass is 16.6. The highest BCUT2D eigenvalue weighted by Crippen LogP contribution is 2.39. The van der Waals surface area contributed by atoms with Crippen molar-refractivity contribution in [1.29, 1.82) is 0 Å². The number of para-hydroxylation sites is 1. The molecule has 130 valence electrons. The van der Waals surface area contributed by atoms with Gasteiger partial charge in [-0.1, -0.05) is 25.1 Å². The number of fused-ring (bicyclic) bond motifs is 1. The van der Waals surface area contributed by atoms with E-state index in [9.17, 15) is 14.9 Å². The summed E-state index contributed by atoms with van der Waals surface area (Å²) in [7, 11) is 0. The summed E-state index contributed by atoms with van der Waals surface area (Å²) < 4.78 is 0. The first-order valence-electron chi connectivity index (χ1n) is 8.46. The molecule has 0 radical (unpaired) electrons. The minimum absolute atomic E-state index is 0.0247. The predicted molar refractivity (Wildman–Crippen MR) is 97.5 cm³/mol. The molecule has 2 aromatic rings. The van der Waals surface area contributed by atoms with Crippen LogP contribution < -0.4 is 10.2 Å². The van der Waals surface area contributed by atoms with E-state index in [0.29, 0.717) is 17.8 Å². The molecule has 0 spiro atoms. The second kappa shape index (κ2) is 6.93. The van der Waals surface area contributed by atoms with Gasteiger partial charge in [0.2, 0.25) is 0 Å². The summed E-state index contributed by atoms with van der Waals surface area (Å²) in [6.07, 6.45) is 1.65. The van der Waals surface area contributed by atoms with E-state index in [1.807, 2.05) is 43.0 Å². The van der Waals surface area contributed by atoms with Gasteiger partial charge in [-0.3, -0.25) is 14.9 Å². The van der Waals surface area contributed by atoms with Crippen LogP contribution in [0.5, 0.6) is 0 Å². The van der Waals surface area contributed by atoms with Gasteiger partial charge in [0.05, 0.1) is 4.92 Å². The molecule has 0 saturated carbocycles. The number of rotatable bonds is 5. The first-order valence-corrected chi connectivity index (χ1v) is 8.46. The topological polar surface area (TPSA) is 75.5 Å². The molecule has 1 N–H and O–H groups in total. The number of nitrogens with zero attached hydrogens (tertiary/aromatic N) is 2. The highest BCUT2D eigenvalue weighted by Gasteiger charge is 2.27. The largest absolute Gasteiger partial charge is 0.350 e. The molecule has 1 aliphatic heterocycles. The van der Waals surface area contributed by atoms with Crippen LogP contribution in [0.15, 0.2) is 42.5 Å². The number of nitro benzene ring substituents is 1. The average Bonchev–Trinajstić information content (AvgIpc) is 3.04. The van der Waals surface area contributed by atoms with Crippen LogP contribution >= 0.6 is 0 Å². The molecule has 6 nitrogen and oxygen atoms in total. The molecule has 6 heteroatoms. The van der Waals surface area contributed by atoms with Crippen molar-refractivity contribution in [3.05, 3.63) is 63.7 Å². The monoisotopic (exact) mass is 339 g/mol. The van der Waals surface area contributed by atoms with Gasteiger partial charge in [-0.15, -0.1) is 0 Å². The zero-order valence-electron chi connectivity index (χ0n) is 14.4. The molecule has 1 aliphatic rings. The van der Waals surface area contributed by atoms with Crippen LogP contribution in [-0.2, 0) is 6.42 Å². The second-order valence-electron chi connectivity index (χ2n) is 6.27. The van der Waals surface area contributed by atoms with E-state index in [4.69, 9.17) is 0 Å². The number of hydrogen-bond donors (Lipinski definition) is 1. The Morgan fingerprint density at radius 2 is 2.04 bits per heavy atom. The molecule has 0 bridgehead atoms. The van der Waals surface area contributed by atoms with Crippen molar-refractivity contribution in [2.75, 3.05) is 11.4 Å². The fourth-order valence-corrected chi connectivity index (χ4v) is 3.04. The summed E-state index contributed by atoms with van der Waals surface area (Å²) in [5, 5.41) is 14.4. The Morgan fingerprint density at radius 3 is 2.76 bits per heavy atom. The first kappa shape index (κ1) is 17.0. The van der Waals surface area contributed by atoms with E-state index >= 15 is 0 Å². The molecule has 1 atom stereocenters. The third kappa shape index (κ3) is 3.33. The van der Waals surface area contributed by atoms with E-state index < -0.39 is 4.92 Å². The fraction of sp³-hybridized carbons (Fsp3) is 0.316. The highest BCUT2D eigenvalue weighted by molar-refractivity contribution is 5.96. The maximum Gasteiger partial charge on any atom is 0.293 e. The van der Waals surface area contributed by atoms with Gasteiger partial charge in [0.15, 0.2) is 0 Å². The fourth-order valence-electron chi connectivity index (χ4n) is 3.04. The number of carbonyl (C=O) groups is 1. The molecule has 0 fully saturated rings. The van der Waals surface area contributed by atoms with Crippen LogP contribution in [0.4, 0.5) is 17.1 Å². The van der Waals surface area contributed by atoms with Gasteiger partial charge in [0.1, 0.15) is 5.69 Å². The summed E-state index contributed by atoms with van der Waals surface area (Å²) in [6.45, 7) is 4.57. The number of benzene rings is 2. The predicted octanol–water partition coefficient (Wildman–Crippen LogP) is 3.82. The third-order valence-corrected chi connectivity index (χ3v) is 4.60. The van der Waals surface area contributed by atoms with Gasteiger partial charge < -0.3 is 10.2 Å². The minimum Gasteiger partial charge on any atom is -0.350 e. The number of hydrogen-bond acceptors (Lipinski definition) is 4. The normalized spacial score (nSPS) is 14.1. The summed E-state index contributed by atoms with van der Waals surface area (Å²) in [5.74, 6) is -0.286. The van der Waals surface area contributed by atoms with Crippen molar-refractivity contribution in [2.45, 2.75) is 32.7 Å². The maximum absolute atomic E-state index is 12.3. The van der Waals surface area contributed by atoms with E-state index in [1.54, 1.807) is 12.1 Å². The molecule has 2 aromatic carbocycles. The van der Waals surface area contributed by atoms with Crippen LogP contribution in [0.25, 0.3) is 0 Å². The number of nitrogens with one attached hydrogen (secondary N) is 1.